The van der Waals surface area contributed by atoms with Gasteiger partial charge in [0.1, 0.15) is 0 Å². The Morgan fingerprint density at radius 3 is 2.00 bits per heavy atom. The first kappa shape index (κ1) is 3.93. The molecule has 1 heteroatoms. The first-order valence-electron chi connectivity index (χ1n) is 1.20. The highest BCUT2D eigenvalue weighted by Gasteiger charge is 1.74. The highest BCUT2D eigenvalue weighted by molar-refractivity contribution is 4.41. The van der Waals surface area contributed by atoms with Gasteiger partial charge in [0.15, 0.2) is 0 Å². The van der Waals surface area contributed by atoms with Crippen LogP contribution in [0, 0.1) is 6.92 Å². The maximum atomic E-state index is 10.9. The first-order valence-corrected chi connectivity index (χ1v) is 1.20. The molecule has 25 valence electrons. The Hall–Kier alpha value is -0.0700. The lowest BCUT2D eigenvalue weighted by Gasteiger charge is -1.74. The summed E-state index contributed by atoms with van der Waals surface area (Å²) in [5, 5.41) is 0. The molecule has 1 atom stereocenters. The Labute approximate surface area is 25.6 Å². The first-order chi connectivity index (χ1) is 1.73. The summed E-state index contributed by atoms with van der Waals surface area (Å²) in [6.45, 7) is 4.36. The van der Waals surface area contributed by atoms with Crippen LogP contribution >= 0.6 is 0 Å². The van der Waals surface area contributed by atoms with Gasteiger partial charge in [0.2, 0.25) is 0 Å². The molecule has 0 aliphatic rings. The summed E-state index contributed by atoms with van der Waals surface area (Å²) < 4.78 is 10.9. The molecule has 0 aromatic heterocycles. The van der Waals surface area contributed by atoms with E-state index in [4.69, 9.17) is 0 Å². The summed E-state index contributed by atoms with van der Waals surface area (Å²) in [4.78, 5) is 0. The van der Waals surface area contributed by atoms with Gasteiger partial charge in [-0.15, -0.1) is 0 Å². The van der Waals surface area contributed by atoms with E-state index in [1.54, 1.807) is 0 Å². The standard InChI is InChI=1S/C3H6F/c1-3(2)4/h3H,1H2,2H3/t3-/m1/s1. The van der Waals surface area contributed by atoms with E-state index in [-0.39, 0.29) is 0 Å². The molecular weight excluding hydrogens is 55.0 g/mol. The SMILES string of the molecule is [CH2][C@H](C)F. The zero-order chi connectivity index (χ0) is 3.58. The minimum Gasteiger partial charge on any atom is -0.248 e. The fourth-order valence-corrected chi connectivity index (χ4v) is 0. The number of rotatable bonds is 0. The number of halogens is 1. The molecule has 0 saturated carbocycles. The van der Waals surface area contributed by atoms with E-state index in [0.717, 1.165) is 0 Å². The summed E-state index contributed by atoms with van der Waals surface area (Å²) in [6, 6.07) is 0. The molecule has 0 saturated heterocycles. The van der Waals surface area contributed by atoms with E-state index >= 15 is 0 Å². The summed E-state index contributed by atoms with van der Waals surface area (Å²) in [5.74, 6) is 0. The van der Waals surface area contributed by atoms with Crippen LogP contribution in [0.5, 0.6) is 0 Å². The average Bonchev–Trinajstić information content (AvgIpc) is 0.811. The van der Waals surface area contributed by atoms with Crippen molar-refractivity contribution in [1.29, 1.82) is 0 Å². The molecule has 0 unspecified atom stereocenters. The zero-order valence-corrected chi connectivity index (χ0v) is 2.66. The van der Waals surface area contributed by atoms with Crippen molar-refractivity contribution in [2.24, 2.45) is 0 Å². The molecule has 0 aliphatic carbocycles. The van der Waals surface area contributed by atoms with Crippen LogP contribution in [0.3, 0.4) is 0 Å². The van der Waals surface area contributed by atoms with Crippen molar-refractivity contribution in [1.82, 2.24) is 0 Å². The minimum absolute atomic E-state index is 0.917. The third-order valence-electron chi connectivity index (χ3n) is 0. The molecule has 0 aromatic carbocycles. The molecule has 0 aromatic rings. The Balaban J connectivity index is 2.32. The van der Waals surface area contributed by atoms with Gasteiger partial charge in [-0.3, -0.25) is 0 Å². The van der Waals surface area contributed by atoms with Crippen molar-refractivity contribution >= 4 is 0 Å². The lowest BCUT2D eigenvalue weighted by Crippen LogP contribution is -1.74. The molecule has 0 rings (SSSR count). The predicted octanol–water partition coefficient (Wildman–Crippen LogP) is 1.18. The van der Waals surface area contributed by atoms with Gasteiger partial charge in [-0.2, -0.15) is 0 Å². The van der Waals surface area contributed by atoms with E-state index in [9.17, 15) is 4.39 Å². The molecule has 0 heterocycles. The maximum Gasteiger partial charge on any atom is 0.0974 e. The molecule has 0 N–H and O–H groups in total. The second-order valence-electron chi connectivity index (χ2n) is 0.781. The lowest BCUT2D eigenvalue weighted by molar-refractivity contribution is 0.427. The summed E-state index contributed by atoms with van der Waals surface area (Å²) in [6.07, 6.45) is -0.917. The Morgan fingerprint density at radius 1 is 2.00 bits per heavy atom. The van der Waals surface area contributed by atoms with E-state index in [2.05, 4.69) is 6.92 Å². The summed E-state index contributed by atoms with van der Waals surface area (Å²) in [5.41, 5.74) is 0. The second kappa shape index (κ2) is 1.27. The van der Waals surface area contributed by atoms with Crippen molar-refractivity contribution in [3.63, 3.8) is 0 Å². The second-order valence-corrected chi connectivity index (χ2v) is 0.781. The van der Waals surface area contributed by atoms with Crippen molar-refractivity contribution in [2.45, 2.75) is 13.1 Å². The fraction of sp³-hybridized carbons (Fsp3) is 0.667. The third-order valence-corrected chi connectivity index (χ3v) is 0. The van der Waals surface area contributed by atoms with Gasteiger partial charge in [0, 0.05) is 0 Å². The van der Waals surface area contributed by atoms with Gasteiger partial charge in [-0.25, -0.2) is 4.39 Å². The van der Waals surface area contributed by atoms with Gasteiger partial charge in [-0.1, -0.05) is 0 Å². The highest BCUT2D eigenvalue weighted by Crippen LogP contribution is 1.76. The Kier molecular flexibility index (Phi) is 1.25. The topological polar surface area (TPSA) is 0 Å². The number of alkyl halides is 1. The molecule has 0 bridgehead atoms. The van der Waals surface area contributed by atoms with Crippen LogP contribution in [-0.4, -0.2) is 6.17 Å². The molecule has 0 fully saturated rings. The minimum atomic E-state index is -0.917. The molecule has 0 nitrogen and oxygen atoms in total. The van der Waals surface area contributed by atoms with Crippen LogP contribution in [0.2, 0.25) is 0 Å². The van der Waals surface area contributed by atoms with Crippen molar-refractivity contribution in [3.05, 3.63) is 6.92 Å². The predicted molar refractivity (Wildman–Crippen MR) is 15.9 cm³/mol. The van der Waals surface area contributed by atoms with Crippen LogP contribution in [0.15, 0.2) is 0 Å². The van der Waals surface area contributed by atoms with Gasteiger partial charge in [-0.05, 0) is 13.8 Å². The van der Waals surface area contributed by atoms with Crippen molar-refractivity contribution in [3.8, 4) is 0 Å². The largest absolute Gasteiger partial charge is 0.248 e. The maximum absolute atomic E-state index is 10.9. The van der Waals surface area contributed by atoms with Gasteiger partial charge in [0.25, 0.3) is 0 Å². The third kappa shape index (κ3) is 341. The van der Waals surface area contributed by atoms with E-state index in [1.165, 1.54) is 6.92 Å². The van der Waals surface area contributed by atoms with Gasteiger partial charge in [0.05, 0.1) is 6.17 Å². The van der Waals surface area contributed by atoms with Crippen LogP contribution in [0.1, 0.15) is 6.92 Å². The molecule has 0 spiro atoms. The average molecular weight is 61.1 g/mol. The molecule has 0 aliphatic heterocycles. The summed E-state index contributed by atoms with van der Waals surface area (Å²) in [7, 11) is 0. The molecule has 1 radical (unpaired) electrons. The highest BCUT2D eigenvalue weighted by atomic mass is 19.1. The monoisotopic (exact) mass is 61.0 g/mol. The van der Waals surface area contributed by atoms with Crippen LogP contribution in [0.25, 0.3) is 0 Å². The van der Waals surface area contributed by atoms with Gasteiger partial charge >= 0.3 is 0 Å². The molecule has 0 amide bonds. The number of hydrogen-bond acceptors (Lipinski definition) is 0. The quantitative estimate of drug-likeness (QED) is 0.394. The summed E-state index contributed by atoms with van der Waals surface area (Å²) >= 11 is 0. The molecular formula is C3H6F. The van der Waals surface area contributed by atoms with Gasteiger partial charge < -0.3 is 0 Å². The molecule has 4 heavy (non-hydrogen) atoms. The van der Waals surface area contributed by atoms with Crippen molar-refractivity contribution < 1.29 is 4.39 Å². The lowest BCUT2D eigenvalue weighted by atomic mass is 10.5. The normalized spacial score (nSPS) is 9.00. The zero-order valence-electron chi connectivity index (χ0n) is 2.66. The fourth-order valence-electron chi connectivity index (χ4n) is 0. The smallest absolute Gasteiger partial charge is 0.0974 e. The van der Waals surface area contributed by atoms with Crippen LogP contribution in [-0.2, 0) is 0 Å². The van der Waals surface area contributed by atoms with Crippen molar-refractivity contribution in [2.75, 3.05) is 0 Å². The van der Waals surface area contributed by atoms with E-state index in [0.29, 0.717) is 0 Å². The van der Waals surface area contributed by atoms with E-state index < -0.39 is 6.17 Å². The van der Waals surface area contributed by atoms with Crippen LogP contribution in [0.4, 0.5) is 4.39 Å². The van der Waals surface area contributed by atoms with E-state index in [1.807, 2.05) is 0 Å². The Morgan fingerprint density at radius 2 is 2.00 bits per heavy atom. The number of hydrogen-bond donors (Lipinski definition) is 0. The Bertz CT molecular complexity index is 8.00. The van der Waals surface area contributed by atoms with Crippen LogP contribution < -0.4 is 0 Å².